The second kappa shape index (κ2) is 12.8. The lowest BCUT2D eigenvalue weighted by molar-refractivity contribution is -0.116. The van der Waals surface area contributed by atoms with Crippen LogP contribution in [0, 0.1) is 13.8 Å². The smallest absolute Gasteiger partial charge is 0.272 e. The van der Waals surface area contributed by atoms with Crippen LogP contribution in [0.4, 0.5) is 22.3 Å². The van der Waals surface area contributed by atoms with Crippen molar-refractivity contribution in [1.29, 1.82) is 0 Å². The largest absolute Gasteiger partial charge is 0.493 e. The van der Waals surface area contributed by atoms with E-state index in [0.717, 1.165) is 16.7 Å². The Labute approximate surface area is 253 Å². The number of rotatable bonds is 11. The van der Waals surface area contributed by atoms with Gasteiger partial charge in [0.2, 0.25) is 17.5 Å². The maximum Gasteiger partial charge on any atom is 0.272 e. The van der Waals surface area contributed by atoms with Gasteiger partial charge in [-0.3, -0.25) is 4.79 Å². The molecule has 5 aromatic rings. The molecule has 0 fully saturated rings. The highest BCUT2D eigenvalue weighted by Crippen LogP contribution is 2.42. The molecule has 1 amide bonds. The number of anilines is 4. The molecule has 2 heterocycles. The van der Waals surface area contributed by atoms with E-state index in [9.17, 15) is 4.79 Å². The summed E-state index contributed by atoms with van der Waals surface area (Å²) >= 11 is 1.26. The molecule has 0 aliphatic rings. The highest BCUT2D eigenvalue weighted by molar-refractivity contribution is 7.19. The van der Waals surface area contributed by atoms with E-state index in [2.05, 4.69) is 25.8 Å². The first kappa shape index (κ1) is 29.4. The zero-order valence-corrected chi connectivity index (χ0v) is 25.3. The number of nitrogens with two attached hydrogens (primary N) is 1. The Morgan fingerprint density at radius 2 is 1.65 bits per heavy atom. The molecule has 0 bridgehead atoms. The molecule has 0 unspecified atom stereocenters. The second-order valence-electron chi connectivity index (χ2n) is 9.76. The van der Waals surface area contributed by atoms with Crippen LogP contribution >= 0.6 is 11.3 Å². The van der Waals surface area contributed by atoms with Gasteiger partial charge in [0, 0.05) is 35.5 Å². The van der Waals surface area contributed by atoms with E-state index < -0.39 is 0 Å². The molecule has 3 aromatic carbocycles. The molecule has 0 atom stereocenters. The van der Waals surface area contributed by atoms with E-state index in [0.29, 0.717) is 57.3 Å². The first-order valence-electron chi connectivity index (χ1n) is 13.4. The van der Waals surface area contributed by atoms with Crippen molar-refractivity contribution in [2.75, 3.05) is 37.7 Å². The van der Waals surface area contributed by atoms with Gasteiger partial charge in [-0.25, -0.2) is 4.98 Å². The van der Waals surface area contributed by atoms with Crippen molar-refractivity contribution in [3.63, 3.8) is 0 Å². The lowest BCUT2D eigenvalue weighted by Gasteiger charge is -2.14. The highest BCUT2D eigenvalue weighted by atomic mass is 32.1. The van der Waals surface area contributed by atoms with Crippen molar-refractivity contribution < 1.29 is 23.5 Å². The number of nitrogens with one attached hydrogen (secondary N) is 2. The van der Waals surface area contributed by atoms with E-state index >= 15 is 0 Å². The number of aromatic nitrogens is 3. The molecular formula is C31H32N6O5S. The first-order valence-corrected chi connectivity index (χ1v) is 14.2. The van der Waals surface area contributed by atoms with Gasteiger partial charge < -0.3 is 35.1 Å². The fourth-order valence-corrected chi connectivity index (χ4v) is 5.24. The molecule has 11 nitrogen and oxygen atoms in total. The second-order valence-corrected chi connectivity index (χ2v) is 10.8. The number of hydrogen-bond acceptors (Lipinski definition) is 11. The minimum atomic E-state index is -0.0752. The summed E-state index contributed by atoms with van der Waals surface area (Å²) in [5, 5.41) is 10.9. The molecule has 0 aliphatic carbocycles. The monoisotopic (exact) mass is 600 g/mol. The third-order valence-electron chi connectivity index (χ3n) is 6.71. The fourth-order valence-electron chi connectivity index (χ4n) is 4.42. The van der Waals surface area contributed by atoms with E-state index in [4.69, 9.17) is 24.5 Å². The van der Waals surface area contributed by atoms with Crippen LogP contribution in [0.25, 0.3) is 22.2 Å². The standard InChI is InChI=1S/C31H32N6O5S/c1-17-6-9-19(10-7-17)11-13-25(38)33-20-12-8-18(2)22(14-20)29-36-30(42-37-29)27-28(32)35-31(43-27)34-21-15-23(39-3)26(41-5)24(16-21)40-4/h6-10,12,14-16H,11,13,32H2,1-5H3,(H,33,38)(H,34,35). The molecule has 222 valence electrons. The van der Waals surface area contributed by atoms with E-state index in [1.807, 2.05) is 56.3 Å². The van der Waals surface area contributed by atoms with Crippen LogP contribution in [-0.2, 0) is 11.2 Å². The molecule has 0 radical (unpaired) electrons. The van der Waals surface area contributed by atoms with Gasteiger partial charge in [-0.05, 0) is 43.5 Å². The predicted octanol–water partition coefficient (Wildman–Crippen LogP) is 6.40. The van der Waals surface area contributed by atoms with Crippen LogP contribution in [0.2, 0.25) is 0 Å². The Morgan fingerprint density at radius 1 is 0.930 bits per heavy atom. The van der Waals surface area contributed by atoms with Crippen LogP contribution in [0.3, 0.4) is 0 Å². The van der Waals surface area contributed by atoms with Crippen LogP contribution in [0.1, 0.15) is 23.1 Å². The molecule has 12 heteroatoms. The average molecular weight is 601 g/mol. The van der Waals surface area contributed by atoms with Gasteiger partial charge in [0.05, 0.1) is 21.3 Å². The van der Waals surface area contributed by atoms with Crippen LogP contribution < -0.4 is 30.6 Å². The third-order valence-corrected chi connectivity index (χ3v) is 7.69. The SMILES string of the molecule is COc1cc(Nc2nc(N)c(-c3nc(-c4cc(NC(=O)CCc5ccc(C)cc5)ccc4C)no3)s2)cc(OC)c1OC. The van der Waals surface area contributed by atoms with Crippen LogP contribution in [0.5, 0.6) is 17.2 Å². The van der Waals surface area contributed by atoms with E-state index in [1.165, 1.54) is 16.9 Å². The topological polar surface area (TPSA) is 147 Å². The highest BCUT2D eigenvalue weighted by Gasteiger charge is 2.20. The lowest BCUT2D eigenvalue weighted by atomic mass is 10.1. The number of nitrogens with zero attached hydrogens (tertiary/aromatic N) is 3. The number of carbonyl (C=O) groups excluding carboxylic acids is 1. The number of aryl methyl sites for hydroxylation is 3. The summed E-state index contributed by atoms with van der Waals surface area (Å²) < 4.78 is 21.8. The summed E-state index contributed by atoms with van der Waals surface area (Å²) in [6.45, 7) is 3.98. The molecule has 43 heavy (non-hydrogen) atoms. The Balaban J connectivity index is 1.31. The van der Waals surface area contributed by atoms with Crippen LogP contribution in [0.15, 0.2) is 59.1 Å². The molecule has 0 saturated carbocycles. The van der Waals surface area contributed by atoms with Gasteiger partial charge >= 0.3 is 0 Å². The first-order chi connectivity index (χ1) is 20.8. The van der Waals surface area contributed by atoms with Crippen molar-refractivity contribution >= 4 is 39.6 Å². The van der Waals surface area contributed by atoms with E-state index in [1.54, 1.807) is 33.5 Å². The van der Waals surface area contributed by atoms with Crippen molar-refractivity contribution in [3.05, 3.63) is 71.3 Å². The molecular weight excluding hydrogens is 568 g/mol. The van der Waals surface area contributed by atoms with Crippen molar-refractivity contribution in [1.82, 2.24) is 15.1 Å². The minimum absolute atomic E-state index is 0.0752. The molecule has 0 spiro atoms. The summed E-state index contributed by atoms with van der Waals surface area (Å²) in [6, 6.07) is 17.3. The summed E-state index contributed by atoms with van der Waals surface area (Å²) in [5.74, 6) is 2.24. The van der Waals surface area contributed by atoms with Gasteiger partial charge in [-0.2, -0.15) is 4.98 Å². The van der Waals surface area contributed by atoms with Gasteiger partial charge in [0.1, 0.15) is 10.7 Å². The van der Waals surface area contributed by atoms with Gasteiger partial charge in [0.25, 0.3) is 5.89 Å². The summed E-state index contributed by atoms with van der Waals surface area (Å²) in [4.78, 5) is 22.2. The number of amides is 1. The van der Waals surface area contributed by atoms with E-state index in [-0.39, 0.29) is 17.6 Å². The van der Waals surface area contributed by atoms with Crippen molar-refractivity contribution in [2.24, 2.45) is 0 Å². The summed E-state index contributed by atoms with van der Waals surface area (Å²) in [5.41, 5.74) is 11.5. The Hall–Kier alpha value is -5.10. The summed E-state index contributed by atoms with van der Waals surface area (Å²) in [6.07, 6.45) is 1.03. The molecule has 5 rings (SSSR count). The molecule has 0 saturated heterocycles. The van der Waals surface area contributed by atoms with Crippen molar-refractivity contribution in [2.45, 2.75) is 26.7 Å². The van der Waals surface area contributed by atoms with Gasteiger partial charge in [-0.15, -0.1) is 0 Å². The zero-order valence-electron chi connectivity index (χ0n) is 24.5. The predicted molar refractivity (Wildman–Crippen MR) is 168 cm³/mol. The number of benzene rings is 3. The maximum absolute atomic E-state index is 12.6. The zero-order chi connectivity index (χ0) is 30.5. The number of nitrogen functional groups attached to an aromatic ring is 1. The Morgan fingerprint density at radius 3 is 2.33 bits per heavy atom. The fraction of sp³-hybridized carbons (Fsp3) is 0.226. The average Bonchev–Trinajstić information content (AvgIpc) is 3.63. The number of carbonyl (C=O) groups is 1. The van der Waals surface area contributed by atoms with Crippen LogP contribution in [-0.4, -0.2) is 42.4 Å². The maximum atomic E-state index is 12.6. The minimum Gasteiger partial charge on any atom is -0.493 e. The number of ether oxygens (including phenoxy) is 3. The normalized spacial score (nSPS) is 10.8. The molecule has 4 N–H and O–H groups in total. The molecule has 0 aliphatic heterocycles. The molecule has 2 aromatic heterocycles. The third kappa shape index (κ3) is 6.70. The lowest BCUT2D eigenvalue weighted by Crippen LogP contribution is -2.12. The van der Waals surface area contributed by atoms with Gasteiger partial charge in [-0.1, -0.05) is 52.4 Å². The number of thiazole rings is 1. The summed E-state index contributed by atoms with van der Waals surface area (Å²) in [7, 11) is 4.64. The van der Waals surface area contributed by atoms with Gasteiger partial charge in [0.15, 0.2) is 16.6 Å². The Kier molecular flexibility index (Phi) is 8.77. The number of hydrogen-bond donors (Lipinski definition) is 3. The quantitative estimate of drug-likeness (QED) is 0.156. The van der Waals surface area contributed by atoms with Crippen molar-refractivity contribution in [3.8, 4) is 39.4 Å². The number of methoxy groups -OCH3 is 3. The Bertz CT molecular complexity index is 1720.